The van der Waals surface area contributed by atoms with Crippen LogP contribution >= 0.6 is 11.3 Å². The van der Waals surface area contributed by atoms with Crippen molar-refractivity contribution in [1.82, 2.24) is 20.4 Å². The van der Waals surface area contributed by atoms with Gasteiger partial charge in [0.15, 0.2) is 0 Å². The molecule has 0 saturated heterocycles. The van der Waals surface area contributed by atoms with E-state index in [0.717, 1.165) is 27.5 Å². The molecule has 0 spiro atoms. The highest BCUT2D eigenvalue weighted by Gasteiger charge is 2.35. The Balaban J connectivity index is 1.69. The van der Waals surface area contributed by atoms with E-state index in [0.29, 0.717) is 31.3 Å². The number of carbonyl (C=O) groups is 1. The molecule has 3 heterocycles. The SMILES string of the molecule is COc1ccc(C2NC(=O)N(CCCOC(C)C)C(C)=C2c2nc(-c3cccs3)no2)cc1. The van der Waals surface area contributed by atoms with Gasteiger partial charge >= 0.3 is 6.03 Å². The van der Waals surface area contributed by atoms with Gasteiger partial charge in [-0.1, -0.05) is 23.4 Å². The number of aromatic nitrogens is 2. The third-order valence-electron chi connectivity index (χ3n) is 5.42. The first-order valence-corrected chi connectivity index (χ1v) is 11.8. The molecule has 2 amide bonds. The number of methoxy groups -OCH3 is 1. The normalized spacial score (nSPS) is 16.5. The number of benzene rings is 1. The van der Waals surface area contributed by atoms with Crippen molar-refractivity contribution in [1.29, 1.82) is 0 Å². The summed E-state index contributed by atoms with van der Waals surface area (Å²) >= 11 is 1.55. The minimum atomic E-state index is -0.428. The molecule has 9 heteroatoms. The van der Waals surface area contributed by atoms with Crippen molar-refractivity contribution in [2.45, 2.75) is 39.3 Å². The third kappa shape index (κ3) is 5.09. The fourth-order valence-corrected chi connectivity index (χ4v) is 4.40. The molecule has 8 nitrogen and oxygen atoms in total. The Morgan fingerprint density at radius 1 is 1.24 bits per heavy atom. The molecule has 4 rings (SSSR count). The number of amides is 2. The molecular formula is C24H28N4O4S. The number of hydrogen-bond donors (Lipinski definition) is 1. The van der Waals surface area contributed by atoms with E-state index >= 15 is 0 Å². The summed E-state index contributed by atoms with van der Waals surface area (Å²) in [4.78, 5) is 20.4. The minimum Gasteiger partial charge on any atom is -0.497 e. The average molecular weight is 469 g/mol. The number of allylic oxidation sites excluding steroid dienone is 1. The van der Waals surface area contributed by atoms with Crippen LogP contribution < -0.4 is 10.1 Å². The van der Waals surface area contributed by atoms with Crippen LogP contribution in [0, 0.1) is 0 Å². The number of nitrogens with zero attached hydrogens (tertiary/aromatic N) is 3. The highest BCUT2D eigenvalue weighted by molar-refractivity contribution is 7.13. The van der Waals surface area contributed by atoms with Crippen LogP contribution in [0.25, 0.3) is 16.3 Å². The van der Waals surface area contributed by atoms with Gasteiger partial charge in [0.05, 0.1) is 29.7 Å². The van der Waals surface area contributed by atoms with Crippen LogP contribution in [-0.2, 0) is 4.74 Å². The number of urea groups is 1. The third-order valence-corrected chi connectivity index (χ3v) is 6.29. The first kappa shape index (κ1) is 23.0. The van der Waals surface area contributed by atoms with Crippen molar-refractivity contribution < 1.29 is 18.8 Å². The predicted molar refractivity (Wildman–Crippen MR) is 127 cm³/mol. The molecule has 33 heavy (non-hydrogen) atoms. The second kappa shape index (κ2) is 10.2. The van der Waals surface area contributed by atoms with E-state index in [1.807, 2.05) is 62.5 Å². The number of hydrogen-bond acceptors (Lipinski definition) is 7. The Morgan fingerprint density at radius 3 is 2.70 bits per heavy atom. The fraction of sp³-hybridized carbons (Fsp3) is 0.375. The van der Waals surface area contributed by atoms with Crippen LogP contribution in [0.2, 0.25) is 0 Å². The highest BCUT2D eigenvalue weighted by Crippen LogP contribution is 2.38. The second-order valence-corrected chi connectivity index (χ2v) is 8.93. The molecule has 1 aromatic carbocycles. The molecule has 0 radical (unpaired) electrons. The summed E-state index contributed by atoms with van der Waals surface area (Å²) in [5, 5.41) is 9.27. The molecule has 0 bridgehead atoms. The van der Waals surface area contributed by atoms with Crippen LogP contribution in [0.4, 0.5) is 4.79 Å². The summed E-state index contributed by atoms with van der Waals surface area (Å²) in [6.45, 7) is 7.02. The van der Waals surface area contributed by atoms with Gasteiger partial charge in [0.2, 0.25) is 5.82 Å². The van der Waals surface area contributed by atoms with Gasteiger partial charge in [-0.3, -0.25) is 4.90 Å². The van der Waals surface area contributed by atoms with Crippen LogP contribution in [-0.4, -0.2) is 47.4 Å². The molecule has 1 N–H and O–H groups in total. The lowest BCUT2D eigenvalue weighted by molar-refractivity contribution is 0.0736. The maximum atomic E-state index is 13.1. The summed E-state index contributed by atoms with van der Waals surface area (Å²) in [6.07, 6.45) is 0.870. The average Bonchev–Trinajstić information content (AvgIpc) is 3.50. The maximum absolute atomic E-state index is 13.1. The summed E-state index contributed by atoms with van der Waals surface area (Å²) in [5.74, 6) is 1.66. The topological polar surface area (TPSA) is 89.7 Å². The molecule has 3 aromatic rings. The summed E-state index contributed by atoms with van der Waals surface area (Å²) in [5.41, 5.74) is 2.46. The van der Waals surface area contributed by atoms with Gasteiger partial charge in [0.1, 0.15) is 5.75 Å². The molecule has 2 aromatic heterocycles. The Hall–Kier alpha value is -3.17. The van der Waals surface area contributed by atoms with Gasteiger partial charge in [-0.2, -0.15) is 4.98 Å². The number of thiophene rings is 1. The molecule has 1 aliphatic heterocycles. The Kier molecular flexibility index (Phi) is 7.10. The first-order valence-electron chi connectivity index (χ1n) is 10.9. The number of carbonyl (C=O) groups excluding carboxylic acids is 1. The smallest absolute Gasteiger partial charge is 0.322 e. The zero-order chi connectivity index (χ0) is 23.4. The molecule has 174 valence electrons. The van der Waals surface area contributed by atoms with Gasteiger partial charge in [-0.15, -0.1) is 11.3 Å². The first-order chi connectivity index (χ1) is 16.0. The molecule has 0 aliphatic carbocycles. The van der Waals surface area contributed by atoms with Crippen molar-refractivity contribution in [3.8, 4) is 16.5 Å². The standard InChI is InChI=1S/C24H28N4O4S/c1-15(2)31-13-6-12-28-16(3)20(23-26-22(27-32-23)19-7-5-14-33-19)21(25-24(28)29)17-8-10-18(30-4)11-9-17/h5,7-11,14-15,21H,6,12-13H2,1-4H3,(H,25,29). The molecule has 0 saturated carbocycles. The molecule has 0 fully saturated rings. The van der Waals surface area contributed by atoms with Crippen molar-refractivity contribution in [3.63, 3.8) is 0 Å². The van der Waals surface area contributed by atoms with Crippen molar-refractivity contribution in [2.75, 3.05) is 20.3 Å². The van der Waals surface area contributed by atoms with Crippen molar-refractivity contribution in [2.24, 2.45) is 0 Å². The van der Waals surface area contributed by atoms with E-state index in [9.17, 15) is 4.79 Å². The lowest BCUT2D eigenvalue weighted by atomic mass is 9.94. The number of nitrogens with one attached hydrogen (secondary N) is 1. The maximum Gasteiger partial charge on any atom is 0.322 e. The van der Waals surface area contributed by atoms with Gasteiger partial charge in [0, 0.05) is 18.8 Å². The minimum absolute atomic E-state index is 0.154. The Bertz CT molecular complexity index is 1110. The van der Waals surface area contributed by atoms with Gasteiger partial charge in [-0.05, 0) is 56.3 Å². The summed E-state index contributed by atoms with van der Waals surface area (Å²) < 4.78 is 16.6. The molecule has 1 unspecified atom stereocenters. The molecular weight excluding hydrogens is 440 g/mol. The van der Waals surface area contributed by atoms with E-state index in [4.69, 9.17) is 14.0 Å². The lowest BCUT2D eigenvalue weighted by Gasteiger charge is -2.35. The van der Waals surface area contributed by atoms with Gasteiger partial charge in [-0.25, -0.2) is 4.79 Å². The largest absolute Gasteiger partial charge is 0.497 e. The summed E-state index contributed by atoms with van der Waals surface area (Å²) in [7, 11) is 1.62. The monoisotopic (exact) mass is 468 g/mol. The highest BCUT2D eigenvalue weighted by atomic mass is 32.1. The van der Waals surface area contributed by atoms with Crippen molar-refractivity contribution >= 4 is 22.9 Å². The number of ether oxygens (including phenoxy) is 2. The molecule has 1 aliphatic rings. The van der Waals surface area contributed by atoms with E-state index in [1.54, 1.807) is 23.3 Å². The van der Waals surface area contributed by atoms with E-state index in [2.05, 4.69) is 15.5 Å². The second-order valence-electron chi connectivity index (χ2n) is 7.98. The summed E-state index contributed by atoms with van der Waals surface area (Å²) in [6, 6.07) is 10.9. The van der Waals surface area contributed by atoms with E-state index in [-0.39, 0.29) is 12.1 Å². The molecule has 1 atom stereocenters. The van der Waals surface area contributed by atoms with Crippen molar-refractivity contribution in [3.05, 3.63) is 58.9 Å². The van der Waals surface area contributed by atoms with Crippen LogP contribution in [0.3, 0.4) is 0 Å². The van der Waals surface area contributed by atoms with Crippen LogP contribution in [0.5, 0.6) is 5.75 Å². The lowest BCUT2D eigenvalue weighted by Crippen LogP contribution is -2.46. The van der Waals surface area contributed by atoms with Crippen LogP contribution in [0.1, 0.15) is 44.7 Å². The Labute approximate surface area is 197 Å². The van der Waals surface area contributed by atoms with Gasteiger partial charge in [0.25, 0.3) is 5.89 Å². The zero-order valence-corrected chi connectivity index (χ0v) is 20.0. The van der Waals surface area contributed by atoms with E-state index in [1.165, 1.54) is 0 Å². The predicted octanol–water partition coefficient (Wildman–Crippen LogP) is 5.12. The zero-order valence-electron chi connectivity index (χ0n) is 19.2. The van der Waals surface area contributed by atoms with Gasteiger partial charge < -0.3 is 19.3 Å². The fourth-order valence-electron chi connectivity index (χ4n) is 3.75. The Morgan fingerprint density at radius 2 is 2.03 bits per heavy atom. The van der Waals surface area contributed by atoms with E-state index < -0.39 is 6.04 Å². The quantitative estimate of drug-likeness (QED) is 0.439. The van der Waals surface area contributed by atoms with Crippen LogP contribution in [0.15, 0.2) is 52.0 Å². The number of rotatable bonds is 9.